The number of rotatable bonds is 3. The summed E-state index contributed by atoms with van der Waals surface area (Å²) in [6, 6.07) is 11.2. The first-order valence-corrected chi connectivity index (χ1v) is 6.36. The molecule has 3 rings (SSSR count). The Hall–Kier alpha value is -2.69. The summed E-state index contributed by atoms with van der Waals surface area (Å²) in [5.74, 6) is 0.752. The average Bonchev–Trinajstić information content (AvgIpc) is 2.44. The van der Waals surface area contributed by atoms with E-state index in [1.807, 2.05) is 37.3 Å². The second kappa shape index (κ2) is 5.13. The van der Waals surface area contributed by atoms with Crippen molar-refractivity contribution in [1.82, 2.24) is 15.0 Å². The van der Waals surface area contributed by atoms with Crippen LogP contribution in [0.1, 0.15) is 11.3 Å². The van der Waals surface area contributed by atoms with Crippen LogP contribution in [0.15, 0.2) is 47.5 Å². The topological polar surface area (TPSA) is 70.7 Å². The Morgan fingerprint density at radius 3 is 2.90 bits per heavy atom. The molecule has 0 aliphatic heterocycles. The van der Waals surface area contributed by atoms with Crippen molar-refractivity contribution in [2.24, 2.45) is 0 Å². The van der Waals surface area contributed by atoms with Crippen LogP contribution in [0.4, 0.5) is 5.82 Å². The highest BCUT2D eigenvalue weighted by Crippen LogP contribution is 2.15. The zero-order chi connectivity index (χ0) is 13.9. The summed E-state index contributed by atoms with van der Waals surface area (Å²) < 4.78 is 0. The zero-order valence-electron chi connectivity index (χ0n) is 11.1. The lowest BCUT2D eigenvalue weighted by molar-refractivity contribution is 1.05. The first-order valence-electron chi connectivity index (χ1n) is 6.36. The minimum absolute atomic E-state index is 0.0978. The number of hydrogen-bond donors (Lipinski definition) is 2. The van der Waals surface area contributed by atoms with Gasteiger partial charge in [0.1, 0.15) is 12.1 Å². The number of H-pyrrole nitrogens is 1. The van der Waals surface area contributed by atoms with Gasteiger partial charge in [-0.3, -0.25) is 4.79 Å². The summed E-state index contributed by atoms with van der Waals surface area (Å²) in [6.45, 7) is 2.45. The molecule has 0 radical (unpaired) electrons. The maximum atomic E-state index is 11.7. The third kappa shape index (κ3) is 2.51. The first-order chi connectivity index (χ1) is 9.72. The number of aromatic nitrogens is 3. The van der Waals surface area contributed by atoms with E-state index in [0.717, 1.165) is 28.0 Å². The second-order valence-corrected chi connectivity index (χ2v) is 4.60. The number of para-hydroxylation sites is 1. The molecule has 0 aliphatic carbocycles. The fourth-order valence-corrected chi connectivity index (χ4v) is 2.16. The van der Waals surface area contributed by atoms with Crippen LogP contribution in [-0.4, -0.2) is 15.0 Å². The standard InChI is InChI=1S/C15H14N4O/c1-10-6-14(18-9-17-10)16-8-11-7-15(20)19-13-5-3-2-4-12(11)13/h2-7,9H,8H2,1H3,(H,19,20)(H,16,17,18). The molecule has 0 bridgehead atoms. The van der Waals surface area contributed by atoms with Gasteiger partial charge in [0.05, 0.1) is 0 Å². The predicted molar refractivity (Wildman–Crippen MR) is 78.7 cm³/mol. The lowest BCUT2D eigenvalue weighted by atomic mass is 10.1. The molecule has 0 saturated carbocycles. The lowest BCUT2D eigenvalue weighted by Gasteiger charge is -2.08. The van der Waals surface area contributed by atoms with Gasteiger partial charge in [-0.15, -0.1) is 0 Å². The van der Waals surface area contributed by atoms with Crippen LogP contribution < -0.4 is 10.9 Å². The van der Waals surface area contributed by atoms with Gasteiger partial charge in [0.2, 0.25) is 5.56 Å². The summed E-state index contributed by atoms with van der Waals surface area (Å²) in [5.41, 5.74) is 2.59. The fourth-order valence-electron chi connectivity index (χ4n) is 2.16. The Labute approximate surface area is 115 Å². The molecule has 0 spiro atoms. The van der Waals surface area contributed by atoms with Crippen LogP contribution in [0.25, 0.3) is 10.9 Å². The van der Waals surface area contributed by atoms with Gasteiger partial charge in [-0.05, 0) is 18.6 Å². The summed E-state index contributed by atoms with van der Waals surface area (Å²) >= 11 is 0. The maximum absolute atomic E-state index is 11.7. The van der Waals surface area contributed by atoms with E-state index >= 15 is 0 Å². The van der Waals surface area contributed by atoms with Crippen molar-refractivity contribution in [3.05, 3.63) is 64.3 Å². The molecule has 5 heteroatoms. The molecule has 100 valence electrons. The number of anilines is 1. The molecular weight excluding hydrogens is 252 g/mol. The van der Waals surface area contributed by atoms with Gasteiger partial charge in [0.25, 0.3) is 0 Å². The highest BCUT2D eigenvalue weighted by molar-refractivity contribution is 5.81. The Morgan fingerprint density at radius 2 is 2.05 bits per heavy atom. The molecule has 0 aliphatic rings. The molecule has 0 fully saturated rings. The number of hydrogen-bond acceptors (Lipinski definition) is 4. The van der Waals surface area contributed by atoms with Crippen LogP contribution in [0.5, 0.6) is 0 Å². The molecule has 5 nitrogen and oxygen atoms in total. The zero-order valence-corrected chi connectivity index (χ0v) is 11.1. The molecule has 0 atom stereocenters. The maximum Gasteiger partial charge on any atom is 0.248 e. The van der Waals surface area contributed by atoms with Crippen LogP contribution in [-0.2, 0) is 6.54 Å². The van der Waals surface area contributed by atoms with Crippen molar-refractivity contribution >= 4 is 16.7 Å². The van der Waals surface area contributed by atoms with Crippen LogP contribution in [0, 0.1) is 6.92 Å². The number of aryl methyl sites for hydroxylation is 1. The van der Waals surface area contributed by atoms with Crippen molar-refractivity contribution < 1.29 is 0 Å². The van der Waals surface area contributed by atoms with Crippen molar-refractivity contribution in [2.45, 2.75) is 13.5 Å². The highest BCUT2D eigenvalue weighted by atomic mass is 16.1. The molecule has 2 heterocycles. The van der Waals surface area contributed by atoms with E-state index in [1.54, 1.807) is 6.07 Å². The average molecular weight is 266 g/mol. The van der Waals surface area contributed by atoms with Gasteiger partial charge in [0, 0.05) is 35.3 Å². The van der Waals surface area contributed by atoms with E-state index in [9.17, 15) is 4.79 Å². The normalized spacial score (nSPS) is 10.7. The summed E-state index contributed by atoms with van der Waals surface area (Å²) in [6.07, 6.45) is 1.52. The molecule has 0 amide bonds. The number of fused-ring (bicyclic) bond motifs is 1. The minimum atomic E-state index is -0.0978. The first kappa shape index (κ1) is 12.3. The second-order valence-electron chi connectivity index (χ2n) is 4.60. The number of pyridine rings is 1. The highest BCUT2D eigenvalue weighted by Gasteiger charge is 2.03. The number of aromatic amines is 1. The largest absolute Gasteiger partial charge is 0.366 e. The summed E-state index contributed by atoms with van der Waals surface area (Å²) in [5, 5.41) is 4.25. The third-order valence-corrected chi connectivity index (χ3v) is 3.10. The van der Waals surface area contributed by atoms with Gasteiger partial charge < -0.3 is 10.3 Å². The van der Waals surface area contributed by atoms with Crippen LogP contribution >= 0.6 is 0 Å². The number of nitrogens with zero attached hydrogens (tertiary/aromatic N) is 2. The van der Waals surface area contributed by atoms with Gasteiger partial charge in [-0.25, -0.2) is 9.97 Å². The smallest absolute Gasteiger partial charge is 0.248 e. The van der Waals surface area contributed by atoms with E-state index in [4.69, 9.17) is 0 Å². The summed E-state index contributed by atoms with van der Waals surface area (Å²) in [4.78, 5) is 22.7. The number of benzene rings is 1. The minimum Gasteiger partial charge on any atom is -0.366 e. The van der Waals surface area contributed by atoms with E-state index in [-0.39, 0.29) is 5.56 Å². The monoisotopic (exact) mass is 266 g/mol. The number of nitrogens with one attached hydrogen (secondary N) is 2. The van der Waals surface area contributed by atoms with Crippen molar-refractivity contribution in [1.29, 1.82) is 0 Å². The third-order valence-electron chi connectivity index (χ3n) is 3.10. The van der Waals surface area contributed by atoms with Gasteiger partial charge in [-0.1, -0.05) is 18.2 Å². The summed E-state index contributed by atoms with van der Waals surface area (Å²) in [7, 11) is 0. The molecule has 0 saturated heterocycles. The Morgan fingerprint density at radius 1 is 1.20 bits per heavy atom. The van der Waals surface area contributed by atoms with Crippen molar-refractivity contribution in [2.75, 3.05) is 5.32 Å². The van der Waals surface area contributed by atoms with Gasteiger partial charge in [0.15, 0.2) is 0 Å². The Balaban J connectivity index is 1.93. The van der Waals surface area contributed by atoms with Crippen LogP contribution in [0.3, 0.4) is 0 Å². The fraction of sp³-hybridized carbons (Fsp3) is 0.133. The van der Waals surface area contributed by atoms with E-state index in [0.29, 0.717) is 6.54 Å². The van der Waals surface area contributed by atoms with Gasteiger partial charge in [-0.2, -0.15) is 0 Å². The van der Waals surface area contributed by atoms with E-state index < -0.39 is 0 Å². The molecule has 20 heavy (non-hydrogen) atoms. The molecule has 0 unspecified atom stereocenters. The van der Waals surface area contributed by atoms with Crippen molar-refractivity contribution in [3.8, 4) is 0 Å². The molecule has 2 aromatic heterocycles. The molecular formula is C15H14N4O. The van der Waals surface area contributed by atoms with Gasteiger partial charge >= 0.3 is 0 Å². The molecule has 3 aromatic rings. The Bertz CT molecular complexity index is 810. The molecule has 2 N–H and O–H groups in total. The lowest BCUT2D eigenvalue weighted by Crippen LogP contribution is -2.10. The molecule has 1 aromatic carbocycles. The quantitative estimate of drug-likeness (QED) is 0.762. The van der Waals surface area contributed by atoms with Crippen molar-refractivity contribution in [3.63, 3.8) is 0 Å². The van der Waals surface area contributed by atoms with E-state index in [1.165, 1.54) is 6.33 Å². The van der Waals surface area contributed by atoms with Crippen LogP contribution in [0.2, 0.25) is 0 Å². The SMILES string of the molecule is Cc1cc(NCc2cc(=O)[nH]c3ccccc23)ncn1. The van der Waals surface area contributed by atoms with E-state index in [2.05, 4.69) is 20.3 Å². The predicted octanol–water partition coefficient (Wildman–Crippen LogP) is 2.24. The Kier molecular flexibility index (Phi) is 3.16.